The molecule has 1 fully saturated rings. The molecule has 1 aliphatic heterocycles. The lowest BCUT2D eigenvalue weighted by Gasteiger charge is -2.39. The smallest absolute Gasteiger partial charge is 0.323 e. The number of carboxylic acid groups (broad SMARTS) is 1. The molecule has 1 N–H and O–H groups in total. The summed E-state index contributed by atoms with van der Waals surface area (Å²) in [5, 5.41) is 9.41. The van der Waals surface area contributed by atoms with Crippen molar-refractivity contribution in [3.63, 3.8) is 0 Å². The van der Waals surface area contributed by atoms with Crippen LogP contribution in [0.4, 0.5) is 0 Å². The summed E-state index contributed by atoms with van der Waals surface area (Å²) in [5.74, 6) is -0.902. The van der Waals surface area contributed by atoms with Crippen LogP contribution in [0.3, 0.4) is 0 Å². The topological polar surface area (TPSA) is 83.9 Å². The normalized spacial score (nSPS) is 22.0. The zero-order valence-electron chi connectivity index (χ0n) is 13.5. The number of carbonyl (C=O) groups is 1. The van der Waals surface area contributed by atoms with Crippen LogP contribution in [0.1, 0.15) is 20.8 Å². The molecule has 124 valence electrons. The van der Waals surface area contributed by atoms with Crippen molar-refractivity contribution >= 4 is 24.1 Å². The van der Waals surface area contributed by atoms with Gasteiger partial charge in [0.05, 0.1) is 18.1 Å². The molecule has 0 unspecified atom stereocenters. The van der Waals surface area contributed by atoms with E-state index in [0.717, 1.165) is 0 Å². The number of carboxylic acids is 1. The van der Waals surface area contributed by atoms with Crippen LogP contribution in [0.25, 0.3) is 0 Å². The zero-order chi connectivity index (χ0) is 16.5. The van der Waals surface area contributed by atoms with Crippen LogP contribution < -0.4 is 0 Å². The monoisotopic (exact) mass is 337 g/mol. The fourth-order valence-corrected chi connectivity index (χ4v) is 4.11. The molecule has 0 aliphatic carbocycles. The van der Waals surface area contributed by atoms with Gasteiger partial charge in [-0.2, -0.15) is 0 Å². The fraction of sp³-hybridized carbons (Fsp3) is 0.923. The molecule has 1 aliphatic rings. The van der Waals surface area contributed by atoms with Crippen LogP contribution in [0, 0.1) is 0 Å². The van der Waals surface area contributed by atoms with Crippen molar-refractivity contribution in [3.05, 3.63) is 0 Å². The Morgan fingerprint density at radius 3 is 2.14 bits per heavy atom. The van der Waals surface area contributed by atoms with Crippen molar-refractivity contribution in [1.29, 1.82) is 0 Å². The van der Waals surface area contributed by atoms with Crippen molar-refractivity contribution in [2.45, 2.75) is 44.9 Å². The number of rotatable bonds is 5. The molecule has 0 aromatic rings. The lowest BCUT2D eigenvalue weighted by Crippen LogP contribution is -2.53. The summed E-state index contributed by atoms with van der Waals surface area (Å²) in [5.41, 5.74) is 0. The Hall–Kier alpha value is -0.443. The fourth-order valence-electron chi connectivity index (χ4n) is 1.87. The second kappa shape index (κ2) is 6.35. The molecule has 0 aromatic carbocycles. The van der Waals surface area contributed by atoms with E-state index in [1.54, 1.807) is 4.90 Å². The number of nitrogens with zero attached hydrogens (tertiary/aromatic N) is 1. The minimum Gasteiger partial charge on any atom is -0.480 e. The van der Waals surface area contributed by atoms with Gasteiger partial charge in [0.15, 0.2) is 18.2 Å². The summed E-state index contributed by atoms with van der Waals surface area (Å²) in [7, 11) is -5.02. The maximum Gasteiger partial charge on any atom is 0.323 e. The maximum absolute atomic E-state index is 11.5. The molecule has 0 aromatic heterocycles. The average molecular weight is 338 g/mol. The van der Waals surface area contributed by atoms with Gasteiger partial charge in [0.2, 0.25) is 0 Å². The van der Waals surface area contributed by atoms with E-state index in [9.17, 15) is 18.3 Å². The van der Waals surface area contributed by atoms with E-state index in [-0.39, 0.29) is 36.2 Å². The van der Waals surface area contributed by atoms with Gasteiger partial charge in [-0.05, 0) is 18.1 Å². The minimum atomic E-state index is -3.01. The summed E-state index contributed by atoms with van der Waals surface area (Å²) < 4.78 is 28.9. The van der Waals surface area contributed by atoms with E-state index in [1.165, 1.54) is 0 Å². The second-order valence-corrected chi connectivity index (χ2v) is 14.2. The van der Waals surface area contributed by atoms with Gasteiger partial charge in [-0.25, -0.2) is 8.42 Å². The highest BCUT2D eigenvalue weighted by Crippen LogP contribution is 2.36. The largest absolute Gasteiger partial charge is 0.480 e. The molecule has 0 spiro atoms. The summed E-state index contributed by atoms with van der Waals surface area (Å²) >= 11 is 0. The van der Waals surface area contributed by atoms with Crippen LogP contribution in [0.15, 0.2) is 0 Å². The Bertz CT molecular complexity index is 469. The lowest BCUT2D eigenvalue weighted by molar-refractivity contribution is -0.144. The molecule has 1 atom stereocenters. The summed E-state index contributed by atoms with van der Waals surface area (Å²) in [6.07, 6.45) is 0. The van der Waals surface area contributed by atoms with Gasteiger partial charge < -0.3 is 9.53 Å². The first-order valence-electron chi connectivity index (χ1n) is 7.17. The Morgan fingerprint density at radius 1 is 1.29 bits per heavy atom. The van der Waals surface area contributed by atoms with Crippen molar-refractivity contribution in [2.24, 2.45) is 0 Å². The van der Waals surface area contributed by atoms with Crippen LogP contribution in [0.5, 0.6) is 0 Å². The first-order chi connectivity index (χ1) is 9.36. The van der Waals surface area contributed by atoms with Gasteiger partial charge in [-0.3, -0.25) is 9.69 Å². The molecule has 1 rings (SSSR count). The van der Waals surface area contributed by atoms with E-state index in [0.29, 0.717) is 0 Å². The molecule has 0 bridgehead atoms. The first kappa shape index (κ1) is 18.6. The van der Waals surface area contributed by atoms with E-state index in [4.69, 9.17) is 4.43 Å². The van der Waals surface area contributed by atoms with Gasteiger partial charge >= 0.3 is 5.97 Å². The molecule has 0 saturated carbocycles. The van der Waals surface area contributed by atoms with E-state index in [1.807, 2.05) is 0 Å². The summed E-state index contributed by atoms with van der Waals surface area (Å²) in [4.78, 5) is 13.2. The van der Waals surface area contributed by atoms with Crippen LogP contribution in [-0.4, -0.2) is 70.0 Å². The van der Waals surface area contributed by atoms with Crippen molar-refractivity contribution in [1.82, 2.24) is 4.90 Å². The third kappa shape index (κ3) is 5.05. The molecule has 1 saturated heterocycles. The summed E-state index contributed by atoms with van der Waals surface area (Å²) in [6, 6.07) is -0.769. The van der Waals surface area contributed by atoms with Crippen LogP contribution >= 0.6 is 0 Å². The highest BCUT2D eigenvalue weighted by Gasteiger charge is 2.39. The molecule has 8 heteroatoms. The van der Waals surface area contributed by atoms with Gasteiger partial charge in [-0.15, -0.1) is 0 Å². The van der Waals surface area contributed by atoms with Gasteiger partial charge in [0, 0.05) is 13.1 Å². The average Bonchev–Trinajstić information content (AvgIpc) is 2.29. The molecular weight excluding hydrogens is 310 g/mol. The highest BCUT2D eigenvalue weighted by atomic mass is 32.2. The quantitative estimate of drug-likeness (QED) is 0.759. The Kier molecular flexibility index (Phi) is 5.63. The van der Waals surface area contributed by atoms with E-state index >= 15 is 0 Å². The Morgan fingerprint density at radius 2 is 1.76 bits per heavy atom. The Labute approximate surface area is 128 Å². The summed E-state index contributed by atoms with van der Waals surface area (Å²) in [6.45, 7) is 11.1. The maximum atomic E-state index is 11.5. The SMILES string of the molecule is CC(C)(C)[Si](C)(C)OC[C@@H](C(=O)O)N1CCS(=O)(=O)CC1. The van der Waals surface area contributed by atoms with Crippen molar-refractivity contribution < 1.29 is 22.7 Å². The number of hydrogen-bond donors (Lipinski definition) is 1. The predicted molar refractivity (Wildman–Crippen MR) is 84.8 cm³/mol. The molecule has 21 heavy (non-hydrogen) atoms. The van der Waals surface area contributed by atoms with Gasteiger partial charge in [0.1, 0.15) is 6.04 Å². The molecule has 6 nitrogen and oxygen atoms in total. The molecule has 0 amide bonds. The van der Waals surface area contributed by atoms with Crippen LogP contribution in [-0.2, 0) is 19.1 Å². The molecule has 0 radical (unpaired) electrons. The Balaban J connectivity index is 2.70. The van der Waals surface area contributed by atoms with Crippen LogP contribution in [0.2, 0.25) is 18.1 Å². The zero-order valence-corrected chi connectivity index (χ0v) is 15.4. The third-order valence-electron chi connectivity index (χ3n) is 4.51. The van der Waals surface area contributed by atoms with Crippen molar-refractivity contribution in [2.75, 3.05) is 31.2 Å². The van der Waals surface area contributed by atoms with Gasteiger partial charge in [0.25, 0.3) is 0 Å². The molecule has 1 heterocycles. The van der Waals surface area contributed by atoms with E-state index in [2.05, 4.69) is 33.9 Å². The number of aliphatic carboxylic acids is 1. The second-order valence-electron chi connectivity index (χ2n) is 7.11. The highest BCUT2D eigenvalue weighted by molar-refractivity contribution is 7.91. The van der Waals surface area contributed by atoms with Gasteiger partial charge in [-0.1, -0.05) is 20.8 Å². The number of hydrogen-bond acceptors (Lipinski definition) is 5. The standard InChI is InChI=1S/C13H27NO5SSi/c1-13(2,3)21(4,5)19-10-11(12(15)16)14-6-8-20(17,18)9-7-14/h11H,6-10H2,1-5H3,(H,15,16)/t11-/m0/s1. The minimum absolute atomic E-state index is 0.0152. The lowest BCUT2D eigenvalue weighted by atomic mass is 10.2. The molecular formula is C13H27NO5SSi. The first-order valence-corrected chi connectivity index (χ1v) is 11.9. The third-order valence-corrected chi connectivity index (χ3v) is 10.6. The van der Waals surface area contributed by atoms with Crippen molar-refractivity contribution in [3.8, 4) is 0 Å². The van der Waals surface area contributed by atoms with E-state index < -0.39 is 30.2 Å². The number of sulfone groups is 1. The predicted octanol–water partition coefficient (Wildman–Crippen LogP) is 1.19.